The van der Waals surface area contributed by atoms with Gasteiger partial charge in [0.05, 0.1) is 12.8 Å². The molecule has 2 aromatic rings. The van der Waals surface area contributed by atoms with Crippen molar-refractivity contribution in [1.29, 1.82) is 0 Å². The minimum atomic E-state index is 0.552. The molecule has 1 heterocycles. The number of hydrogen-bond acceptors (Lipinski definition) is 4. The second-order valence-electron chi connectivity index (χ2n) is 4.48. The van der Waals surface area contributed by atoms with Gasteiger partial charge < -0.3 is 10.5 Å². The number of hydrogen-bond donors (Lipinski definition) is 1. The Labute approximate surface area is 113 Å². The summed E-state index contributed by atoms with van der Waals surface area (Å²) in [6, 6.07) is 7.83. The van der Waals surface area contributed by atoms with E-state index in [2.05, 4.69) is 16.9 Å². The molecule has 0 aliphatic rings. The van der Waals surface area contributed by atoms with Gasteiger partial charge in [-0.1, -0.05) is 19.1 Å². The van der Waals surface area contributed by atoms with Crippen molar-refractivity contribution in [3.05, 3.63) is 35.7 Å². The molecule has 0 bridgehead atoms. The third kappa shape index (κ3) is 2.84. The summed E-state index contributed by atoms with van der Waals surface area (Å²) in [5, 5.41) is 0. The number of aryl methyl sites for hydroxylation is 1. The van der Waals surface area contributed by atoms with E-state index in [1.165, 1.54) is 0 Å². The van der Waals surface area contributed by atoms with E-state index in [-0.39, 0.29) is 0 Å². The number of rotatable bonds is 4. The van der Waals surface area contributed by atoms with E-state index < -0.39 is 0 Å². The lowest BCUT2D eigenvalue weighted by Gasteiger charge is -2.10. The Kier molecular flexibility index (Phi) is 4.00. The fourth-order valence-corrected chi connectivity index (χ4v) is 1.97. The van der Waals surface area contributed by atoms with Crippen LogP contribution in [0.4, 0.5) is 5.82 Å². The van der Waals surface area contributed by atoms with Crippen LogP contribution in [-0.2, 0) is 6.42 Å². The van der Waals surface area contributed by atoms with Gasteiger partial charge >= 0.3 is 0 Å². The summed E-state index contributed by atoms with van der Waals surface area (Å²) in [7, 11) is 1.66. The van der Waals surface area contributed by atoms with Gasteiger partial charge in [-0.25, -0.2) is 9.97 Å². The molecule has 0 aliphatic carbocycles. The van der Waals surface area contributed by atoms with E-state index in [1.54, 1.807) is 7.11 Å². The third-order valence-electron chi connectivity index (χ3n) is 3.05. The highest BCUT2D eigenvalue weighted by molar-refractivity contribution is 5.68. The van der Waals surface area contributed by atoms with Crippen LogP contribution in [0.15, 0.2) is 24.3 Å². The maximum atomic E-state index is 5.98. The highest BCUT2D eigenvalue weighted by Crippen LogP contribution is 2.27. The SMILES string of the molecule is CCCc1nc(N)c(C)c(-c2cccc(OC)c2)n1. The van der Waals surface area contributed by atoms with Crippen molar-refractivity contribution in [2.24, 2.45) is 0 Å². The van der Waals surface area contributed by atoms with Crippen molar-refractivity contribution in [3.8, 4) is 17.0 Å². The maximum Gasteiger partial charge on any atom is 0.131 e. The maximum absolute atomic E-state index is 5.98. The Balaban J connectivity index is 2.53. The molecule has 4 heteroatoms. The van der Waals surface area contributed by atoms with Gasteiger partial charge in [0.15, 0.2) is 0 Å². The number of nitrogens with zero attached hydrogens (tertiary/aromatic N) is 2. The smallest absolute Gasteiger partial charge is 0.131 e. The van der Waals surface area contributed by atoms with E-state index >= 15 is 0 Å². The van der Waals surface area contributed by atoms with Crippen LogP contribution in [0.2, 0.25) is 0 Å². The Hall–Kier alpha value is -2.10. The fraction of sp³-hybridized carbons (Fsp3) is 0.333. The van der Waals surface area contributed by atoms with Gasteiger partial charge in [0.25, 0.3) is 0 Å². The number of benzene rings is 1. The summed E-state index contributed by atoms with van der Waals surface area (Å²) in [6.45, 7) is 4.05. The highest BCUT2D eigenvalue weighted by Gasteiger charge is 2.11. The Bertz CT molecular complexity index is 582. The first-order chi connectivity index (χ1) is 9.15. The van der Waals surface area contributed by atoms with E-state index in [1.807, 2.05) is 31.2 Å². The predicted octanol–water partition coefficient (Wildman–Crippen LogP) is 3.00. The average Bonchev–Trinajstić information content (AvgIpc) is 2.43. The van der Waals surface area contributed by atoms with Crippen molar-refractivity contribution < 1.29 is 4.74 Å². The quantitative estimate of drug-likeness (QED) is 0.914. The zero-order valence-electron chi connectivity index (χ0n) is 11.6. The molecule has 0 aliphatic heterocycles. The highest BCUT2D eigenvalue weighted by atomic mass is 16.5. The number of methoxy groups -OCH3 is 1. The molecule has 2 rings (SSSR count). The molecule has 0 radical (unpaired) electrons. The first-order valence-electron chi connectivity index (χ1n) is 6.43. The van der Waals surface area contributed by atoms with Crippen molar-refractivity contribution in [3.63, 3.8) is 0 Å². The minimum absolute atomic E-state index is 0.552. The van der Waals surface area contributed by atoms with Crippen LogP contribution in [0.1, 0.15) is 24.7 Å². The van der Waals surface area contributed by atoms with Crippen LogP contribution < -0.4 is 10.5 Å². The molecule has 2 N–H and O–H groups in total. The molecule has 19 heavy (non-hydrogen) atoms. The second-order valence-corrected chi connectivity index (χ2v) is 4.48. The number of anilines is 1. The van der Waals surface area contributed by atoms with Crippen molar-refractivity contribution in [1.82, 2.24) is 9.97 Å². The summed E-state index contributed by atoms with van der Waals surface area (Å²) in [5.74, 6) is 2.16. The van der Waals surface area contributed by atoms with Crippen LogP contribution in [0.3, 0.4) is 0 Å². The molecule has 0 unspecified atom stereocenters. The molecule has 1 aromatic heterocycles. The molecular weight excluding hydrogens is 238 g/mol. The van der Waals surface area contributed by atoms with Crippen LogP contribution in [0, 0.1) is 6.92 Å². The van der Waals surface area contributed by atoms with Crippen LogP contribution >= 0.6 is 0 Å². The zero-order valence-corrected chi connectivity index (χ0v) is 11.6. The molecule has 0 fully saturated rings. The molecule has 0 saturated heterocycles. The van der Waals surface area contributed by atoms with E-state index in [0.717, 1.165) is 41.2 Å². The number of nitrogen functional groups attached to an aromatic ring is 1. The van der Waals surface area contributed by atoms with Crippen LogP contribution in [0.5, 0.6) is 5.75 Å². The van der Waals surface area contributed by atoms with Gasteiger partial charge in [0.1, 0.15) is 17.4 Å². The monoisotopic (exact) mass is 257 g/mol. The van der Waals surface area contributed by atoms with E-state index in [4.69, 9.17) is 10.5 Å². The molecule has 0 saturated carbocycles. The fourth-order valence-electron chi connectivity index (χ4n) is 1.97. The van der Waals surface area contributed by atoms with Gasteiger partial charge in [0.2, 0.25) is 0 Å². The lowest BCUT2D eigenvalue weighted by molar-refractivity contribution is 0.415. The summed E-state index contributed by atoms with van der Waals surface area (Å²) in [5.41, 5.74) is 8.77. The van der Waals surface area contributed by atoms with Gasteiger partial charge in [-0.2, -0.15) is 0 Å². The summed E-state index contributed by atoms with van der Waals surface area (Å²) < 4.78 is 5.25. The first kappa shape index (κ1) is 13.3. The zero-order chi connectivity index (χ0) is 13.8. The first-order valence-corrected chi connectivity index (χ1v) is 6.43. The summed E-state index contributed by atoms with van der Waals surface area (Å²) in [6.07, 6.45) is 1.83. The van der Waals surface area contributed by atoms with Crippen LogP contribution in [-0.4, -0.2) is 17.1 Å². The summed E-state index contributed by atoms with van der Waals surface area (Å²) in [4.78, 5) is 8.95. The van der Waals surface area contributed by atoms with Crippen molar-refractivity contribution >= 4 is 5.82 Å². The molecule has 0 atom stereocenters. The van der Waals surface area contributed by atoms with E-state index in [0.29, 0.717) is 5.82 Å². The molecule has 0 spiro atoms. The largest absolute Gasteiger partial charge is 0.497 e. The van der Waals surface area contributed by atoms with Gasteiger partial charge in [0, 0.05) is 17.5 Å². The van der Waals surface area contributed by atoms with Gasteiger partial charge in [-0.05, 0) is 25.5 Å². The Morgan fingerprint density at radius 3 is 2.74 bits per heavy atom. The third-order valence-corrected chi connectivity index (χ3v) is 3.05. The number of nitrogens with two attached hydrogens (primary N) is 1. The van der Waals surface area contributed by atoms with Gasteiger partial charge in [-0.3, -0.25) is 0 Å². The molecule has 4 nitrogen and oxygen atoms in total. The van der Waals surface area contributed by atoms with Crippen LogP contribution in [0.25, 0.3) is 11.3 Å². The predicted molar refractivity (Wildman–Crippen MR) is 77.2 cm³/mol. The van der Waals surface area contributed by atoms with Gasteiger partial charge in [-0.15, -0.1) is 0 Å². The molecule has 0 amide bonds. The van der Waals surface area contributed by atoms with E-state index in [9.17, 15) is 0 Å². The van der Waals surface area contributed by atoms with Crippen molar-refractivity contribution in [2.45, 2.75) is 26.7 Å². The molecular formula is C15H19N3O. The lowest BCUT2D eigenvalue weighted by Crippen LogP contribution is -2.05. The molecule has 100 valence electrons. The van der Waals surface area contributed by atoms with Crippen molar-refractivity contribution in [2.75, 3.05) is 12.8 Å². The average molecular weight is 257 g/mol. The number of aromatic nitrogens is 2. The minimum Gasteiger partial charge on any atom is -0.497 e. The molecule has 1 aromatic carbocycles. The topological polar surface area (TPSA) is 61.0 Å². The Morgan fingerprint density at radius 2 is 2.05 bits per heavy atom. The summed E-state index contributed by atoms with van der Waals surface area (Å²) >= 11 is 0. The lowest BCUT2D eigenvalue weighted by atomic mass is 10.1. The second kappa shape index (κ2) is 5.69. The standard InChI is InChI=1S/C15H19N3O/c1-4-6-13-17-14(10(2)15(16)18-13)11-7-5-8-12(9-11)19-3/h5,7-9H,4,6H2,1-3H3,(H2,16,17,18). The normalized spacial score (nSPS) is 10.5. The number of ether oxygens (including phenoxy) is 1. The Morgan fingerprint density at radius 1 is 1.26 bits per heavy atom.